The number of aromatic nitrogens is 2. The molecule has 4 nitrogen and oxygen atoms in total. The van der Waals surface area contributed by atoms with Gasteiger partial charge in [-0.05, 0) is 37.2 Å². The Bertz CT molecular complexity index is 1210. The maximum atomic E-state index is 6.12. The highest BCUT2D eigenvalue weighted by Crippen LogP contribution is 2.37. The van der Waals surface area contributed by atoms with Crippen LogP contribution in [-0.2, 0) is 7.05 Å². The Balaban J connectivity index is 1.65. The minimum Gasteiger partial charge on any atom is -0.423 e. The number of anilines is 1. The lowest BCUT2D eigenvalue weighted by atomic mass is 9.49. The summed E-state index contributed by atoms with van der Waals surface area (Å²) >= 11 is 0. The Kier molecular flexibility index (Phi) is 3.83. The highest BCUT2D eigenvalue weighted by Gasteiger charge is 2.39. The van der Waals surface area contributed by atoms with Crippen molar-refractivity contribution in [3.63, 3.8) is 0 Å². The summed E-state index contributed by atoms with van der Waals surface area (Å²) in [4.78, 5) is 6.61. The molecule has 0 saturated heterocycles. The van der Waals surface area contributed by atoms with Crippen molar-refractivity contribution in [3.05, 3.63) is 78.0 Å². The first-order chi connectivity index (χ1) is 13.6. The Morgan fingerprint density at radius 1 is 1.04 bits per heavy atom. The molecule has 0 radical (unpaired) electrons. The number of hydrogen-bond donors (Lipinski definition) is 0. The van der Waals surface area contributed by atoms with Crippen LogP contribution in [0.25, 0.3) is 28.3 Å². The van der Waals surface area contributed by atoms with Crippen LogP contribution in [0, 0.1) is 0 Å². The van der Waals surface area contributed by atoms with E-state index in [0.29, 0.717) is 5.71 Å². The van der Waals surface area contributed by atoms with Crippen molar-refractivity contribution in [1.82, 2.24) is 4.98 Å². The number of rotatable bonds is 2. The maximum Gasteiger partial charge on any atom is 0.401 e. The molecule has 0 amide bonds. The average Bonchev–Trinajstić information content (AvgIpc) is 3.09. The second kappa shape index (κ2) is 6.38. The smallest absolute Gasteiger partial charge is 0.401 e. The van der Waals surface area contributed by atoms with Gasteiger partial charge >= 0.3 is 6.85 Å². The standard InChI is InChI=1S/C23H21BN3O/c1-16-14-20-19-10-7-12-25-22(19)28-23(20)27(3)24(16)21-15-18(11-13-26(21)2)17-8-5-4-6-9-17/h4-15H,1-3H3/q+1. The van der Waals surface area contributed by atoms with Crippen LogP contribution < -0.4 is 15.0 Å². The lowest BCUT2D eigenvalue weighted by Crippen LogP contribution is -2.62. The molecule has 1 aromatic carbocycles. The van der Waals surface area contributed by atoms with Crippen LogP contribution in [0.4, 0.5) is 5.88 Å². The van der Waals surface area contributed by atoms with E-state index in [0.717, 1.165) is 16.8 Å². The van der Waals surface area contributed by atoms with Crippen molar-refractivity contribution < 1.29 is 8.98 Å². The van der Waals surface area contributed by atoms with Crippen LogP contribution in [0.5, 0.6) is 0 Å². The van der Waals surface area contributed by atoms with Crippen molar-refractivity contribution in [2.24, 2.45) is 7.05 Å². The second-order valence-corrected chi connectivity index (χ2v) is 7.40. The molecule has 0 atom stereocenters. The first-order valence-corrected chi connectivity index (χ1v) is 9.47. The van der Waals surface area contributed by atoms with Gasteiger partial charge < -0.3 is 9.23 Å². The number of benzene rings is 1. The maximum absolute atomic E-state index is 6.12. The normalized spacial score (nSPS) is 13.6. The highest BCUT2D eigenvalue weighted by molar-refractivity contribution is 6.82. The highest BCUT2D eigenvalue weighted by atomic mass is 16.4. The van der Waals surface area contributed by atoms with E-state index in [1.807, 2.05) is 12.1 Å². The summed E-state index contributed by atoms with van der Waals surface area (Å²) in [7, 11) is 4.19. The van der Waals surface area contributed by atoms with Gasteiger partial charge in [0, 0.05) is 29.3 Å². The molecule has 0 fully saturated rings. The zero-order valence-corrected chi connectivity index (χ0v) is 16.3. The Morgan fingerprint density at radius 2 is 1.86 bits per heavy atom. The minimum atomic E-state index is 0.0988. The van der Waals surface area contributed by atoms with Crippen molar-refractivity contribution in [1.29, 1.82) is 0 Å². The van der Waals surface area contributed by atoms with Crippen molar-refractivity contribution in [2.75, 3.05) is 11.9 Å². The average molecular weight is 366 g/mol. The number of nitrogens with zero attached hydrogens (tertiary/aromatic N) is 3. The second-order valence-electron chi connectivity index (χ2n) is 7.40. The van der Waals surface area contributed by atoms with Gasteiger partial charge in [0.1, 0.15) is 7.05 Å². The lowest BCUT2D eigenvalue weighted by molar-refractivity contribution is -0.654. The van der Waals surface area contributed by atoms with Crippen molar-refractivity contribution in [3.8, 4) is 11.1 Å². The molecule has 0 N–H and O–H groups in total. The zero-order chi connectivity index (χ0) is 19.3. The van der Waals surface area contributed by atoms with E-state index in [1.165, 1.54) is 22.2 Å². The molecule has 5 rings (SSSR count). The molecule has 4 heterocycles. The summed E-state index contributed by atoms with van der Waals surface area (Å²) in [5.41, 5.74) is 6.73. The molecule has 1 aliphatic heterocycles. The number of aryl methyl sites for hydroxylation is 1. The van der Waals surface area contributed by atoms with Crippen LogP contribution in [0.15, 0.2) is 76.9 Å². The summed E-state index contributed by atoms with van der Waals surface area (Å²) in [6.45, 7) is 2.29. The number of hydrogen-bond acceptors (Lipinski definition) is 3. The molecule has 0 unspecified atom stereocenters. The van der Waals surface area contributed by atoms with E-state index in [1.54, 1.807) is 6.20 Å². The van der Waals surface area contributed by atoms with Gasteiger partial charge in [0.15, 0.2) is 17.7 Å². The molecule has 0 bridgehead atoms. The minimum absolute atomic E-state index is 0.0988. The predicted molar refractivity (Wildman–Crippen MR) is 115 cm³/mol. The third kappa shape index (κ3) is 2.54. The van der Waals surface area contributed by atoms with Crippen LogP contribution >= 0.6 is 0 Å². The summed E-state index contributed by atoms with van der Waals surface area (Å²) in [6.07, 6.45) is 6.14. The summed E-state index contributed by atoms with van der Waals surface area (Å²) < 4.78 is 8.31. The quantitative estimate of drug-likeness (QED) is 0.401. The van der Waals surface area contributed by atoms with Gasteiger partial charge in [-0.1, -0.05) is 41.9 Å². The lowest BCUT2D eigenvalue weighted by Gasteiger charge is -2.28. The van der Waals surface area contributed by atoms with Crippen LogP contribution in [0.2, 0.25) is 0 Å². The molecule has 3 aromatic heterocycles. The Hall–Kier alpha value is -3.34. The van der Waals surface area contributed by atoms with Crippen molar-refractivity contribution in [2.45, 2.75) is 6.92 Å². The molecule has 0 aliphatic carbocycles. The summed E-state index contributed by atoms with van der Waals surface area (Å²) in [5, 5.41) is 1.06. The predicted octanol–water partition coefficient (Wildman–Crippen LogP) is 3.61. The van der Waals surface area contributed by atoms with Gasteiger partial charge in [-0.2, -0.15) is 0 Å². The molecule has 1 aliphatic rings. The summed E-state index contributed by atoms with van der Waals surface area (Å²) in [6, 6.07) is 19.0. The van der Waals surface area contributed by atoms with Crippen LogP contribution in [-0.4, -0.2) is 18.9 Å². The Morgan fingerprint density at radius 3 is 2.68 bits per heavy atom. The fourth-order valence-corrected chi connectivity index (χ4v) is 4.17. The van der Waals surface area contributed by atoms with E-state index in [-0.39, 0.29) is 6.85 Å². The Labute approximate surface area is 164 Å². The van der Waals surface area contributed by atoms with Gasteiger partial charge in [-0.3, -0.25) is 0 Å². The zero-order valence-electron chi connectivity index (χ0n) is 16.3. The summed E-state index contributed by atoms with van der Waals surface area (Å²) in [5.74, 6) is 0.870. The fraction of sp³-hybridized carbons (Fsp3) is 0.130. The number of allylic oxidation sites excluding steroid dienone is 1. The van der Waals surface area contributed by atoms with E-state index in [9.17, 15) is 0 Å². The topological polar surface area (TPSA) is 33.2 Å². The molecule has 28 heavy (non-hydrogen) atoms. The van der Waals surface area contributed by atoms with Gasteiger partial charge in [0.05, 0.1) is 0 Å². The van der Waals surface area contributed by atoms with E-state index < -0.39 is 0 Å². The third-order valence-electron chi connectivity index (χ3n) is 5.57. The van der Waals surface area contributed by atoms with E-state index in [4.69, 9.17) is 4.42 Å². The number of pyridine rings is 2. The van der Waals surface area contributed by atoms with Gasteiger partial charge in [0.25, 0.3) is 0 Å². The fourth-order valence-electron chi connectivity index (χ4n) is 4.17. The molecule has 136 valence electrons. The van der Waals surface area contributed by atoms with Gasteiger partial charge in [0.2, 0.25) is 5.71 Å². The molecular weight excluding hydrogens is 345 g/mol. The van der Waals surface area contributed by atoms with Gasteiger partial charge in [-0.15, -0.1) is 0 Å². The van der Waals surface area contributed by atoms with Crippen molar-refractivity contribution >= 4 is 35.5 Å². The van der Waals surface area contributed by atoms with Crippen LogP contribution in [0.3, 0.4) is 0 Å². The monoisotopic (exact) mass is 366 g/mol. The largest absolute Gasteiger partial charge is 0.423 e. The molecular formula is C23H21BN3O+. The molecule has 0 spiro atoms. The first-order valence-electron chi connectivity index (χ1n) is 9.47. The third-order valence-corrected chi connectivity index (χ3v) is 5.57. The molecule has 4 aromatic rings. The van der Waals surface area contributed by atoms with Gasteiger partial charge in [-0.25, -0.2) is 9.55 Å². The van der Waals surface area contributed by atoms with E-state index >= 15 is 0 Å². The SMILES string of the molecule is CC1=Cc2c(oc3ncccc23)N(C)B1c1cc(-c2ccccc2)cc[n+]1C. The number of furan rings is 1. The van der Waals surface area contributed by atoms with E-state index in [2.05, 4.69) is 90.1 Å². The van der Waals surface area contributed by atoms with Crippen LogP contribution in [0.1, 0.15) is 12.5 Å². The molecule has 5 heteroatoms. The number of fused-ring (bicyclic) bond motifs is 3. The first kappa shape index (κ1) is 16.8. The molecule has 0 saturated carbocycles.